The van der Waals surface area contributed by atoms with Crippen molar-refractivity contribution in [2.45, 2.75) is 77.7 Å². The van der Waals surface area contributed by atoms with Gasteiger partial charge in [-0.2, -0.15) is 0 Å². The van der Waals surface area contributed by atoms with E-state index in [1.807, 2.05) is 6.92 Å². The van der Waals surface area contributed by atoms with Crippen molar-refractivity contribution in [2.24, 2.45) is 0 Å². The maximum atomic E-state index is 6.08. The normalized spacial score (nSPS) is 18.9. The van der Waals surface area contributed by atoms with Crippen molar-refractivity contribution in [3.63, 3.8) is 0 Å². The third kappa shape index (κ3) is 3.22. The van der Waals surface area contributed by atoms with Crippen LogP contribution in [0.3, 0.4) is 0 Å². The zero-order chi connectivity index (χ0) is 15.0. The number of nitrogen functional groups attached to an aromatic ring is 1. The van der Waals surface area contributed by atoms with Crippen molar-refractivity contribution in [3.05, 3.63) is 11.4 Å². The Kier molecular flexibility index (Phi) is 3.94. The largest absolute Gasteiger partial charge is 0.383 e. The Bertz CT molecular complexity index is 482. The summed E-state index contributed by atoms with van der Waals surface area (Å²) in [6.07, 6.45) is 6.31. The van der Waals surface area contributed by atoms with Gasteiger partial charge in [-0.1, -0.05) is 40.0 Å². The van der Waals surface area contributed by atoms with Crippen molar-refractivity contribution >= 4 is 11.6 Å². The van der Waals surface area contributed by atoms with Crippen LogP contribution in [-0.4, -0.2) is 15.5 Å². The molecule has 3 N–H and O–H groups in total. The van der Waals surface area contributed by atoms with Gasteiger partial charge in [0.2, 0.25) is 0 Å². The number of anilines is 2. The van der Waals surface area contributed by atoms with Crippen LogP contribution in [0.5, 0.6) is 0 Å². The fourth-order valence-corrected chi connectivity index (χ4v) is 2.73. The van der Waals surface area contributed by atoms with Gasteiger partial charge < -0.3 is 11.1 Å². The minimum absolute atomic E-state index is 0.0915. The van der Waals surface area contributed by atoms with E-state index in [-0.39, 0.29) is 11.0 Å². The second kappa shape index (κ2) is 5.23. The molecule has 112 valence electrons. The van der Waals surface area contributed by atoms with E-state index < -0.39 is 0 Å². The number of aromatic nitrogens is 2. The van der Waals surface area contributed by atoms with Crippen molar-refractivity contribution in [3.8, 4) is 0 Å². The van der Waals surface area contributed by atoms with Gasteiger partial charge in [-0.15, -0.1) is 0 Å². The molecule has 0 aliphatic heterocycles. The lowest BCUT2D eigenvalue weighted by Crippen LogP contribution is -2.37. The fourth-order valence-electron chi connectivity index (χ4n) is 2.73. The van der Waals surface area contributed by atoms with E-state index in [4.69, 9.17) is 10.7 Å². The number of hydrogen-bond acceptors (Lipinski definition) is 4. The molecule has 1 aromatic rings. The van der Waals surface area contributed by atoms with E-state index in [1.54, 1.807) is 0 Å². The highest BCUT2D eigenvalue weighted by atomic mass is 15.1. The third-order valence-corrected chi connectivity index (χ3v) is 4.23. The second-order valence-corrected chi connectivity index (χ2v) is 7.40. The van der Waals surface area contributed by atoms with Gasteiger partial charge in [-0.3, -0.25) is 0 Å². The second-order valence-electron chi connectivity index (χ2n) is 7.40. The summed E-state index contributed by atoms with van der Waals surface area (Å²) in [4.78, 5) is 9.19. The number of hydrogen-bond donors (Lipinski definition) is 2. The molecule has 0 radical (unpaired) electrons. The van der Waals surface area contributed by atoms with Crippen LogP contribution in [0.15, 0.2) is 0 Å². The molecule has 1 heterocycles. The van der Waals surface area contributed by atoms with Crippen LogP contribution in [-0.2, 0) is 5.41 Å². The summed E-state index contributed by atoms with van der Waals surface area (Å²) in [7, 11) is 0. The Hall–Kier alpha value is -1.32. The average molecular weight is 276 g/mol. The monoisotopic (exact) mass is 276 g/mol. The molecule has 20 heavy (non-hydrogen) atoms. The standard InChI is InChI=1S/C16H28N4/c1-11-12(17)18-14(15(2,3)4)19-13(11)20-16(5)9-7-6-8-10-16/h6-10H2,1-5H3,(H3,17,18,19,20). The molecule has 1 fully saturated rings. The van der Waals surface area contributed by atoms with Crippen LogP contribution >= 0.6 is 0 Å². The summed E-state index contributed by atoms with van der Waals surface area (Å²) in [5, 5.41) is 3.65. The Morgan fingerprint density at radius 2 is 1.70 bits per heavy atom. The zero-order valence-electron chi connectivity index (χ0n) is 13.5. The molecule has 0 aromatic carbocycles. The quantitative estimate of drug-likeness (QED) is 0.862. The minimum atomic E-state index is -0.0915. The molecule has 4 heteroatoms. The van der Waals surface area contributed by atoms with Gasteiger partial charge in [-0.05, 0) is 26.7 Å². The molecule has 1 aliphatic carbocycles. The van der Waals surface area contributed by atoms with E-state index >= 15 is 0 Å². The Morgan fingerprint density at radius 3 is 2.25 bits per heavy atom. The molecule has 0 amide bonds. The number of nitrogens with one attached hydrogen (secondary N) is 1. The molecular weight excluding hydrogens is 248 g/mol. The van der Waals surface area contributed by atoms with Crippen LogP contribution < -0.4 is 11.1 Å². The van der Waals surface area contributed by atoms with Gasteiger partial charge in [0.1, 0.15) is 17.5 Å². The maximum Gasteiger partial charge on any atom is 0.138 e. The first-order valence-corrected chi connectivity index (χ1v) is 7.64. The van der Waals surface area contributed by atoms with Gasteiger partial charge in [0, 0.05) is 16.5 Å². The molecule has 1 aliphatic rings. The molecule has 0 saturated heterocycles. The third-order valence-electron chi connectivity index (χ3n) is 4.23. The van der Waals surface area contributed by atoms with Gasteiger partial charge >= 0.3 is 0 Å². The van der Waals surface area contributed by atoms with E-state index in [9.17, 15) is 0 Å². The smallest absolute Gasteiger partial charge is 0.138 e. The summed E-state index contributed by atoms with van der Waals surface area (Å²) in [5.41, 5.74) is 7.08. The van der Waals surface area contributed by atoms with Crippen molar-refractivity contribution in [2.75, 3.05) is 11.1 Å². The van der Waals surface area contributed by atoms with Crippen LogP contribution in [0.2, 0.25) is 0 Å². The number of nitrogens with zero attached hydrogens (tertiary/aromatic N) is 2. The average Bonchev–Trinajstić information content (AvgIpc) is 2.34. The molecule has 0 unspecified atom stereocenters. The van der Waals surface area contributed by atoms with Crippen molar-refractivity contribution < 1.29 is 0 Å². The summed E-state index contributed by atoms with van der Waals surface area (Å²) in [6.45, 7) is 10.6. The van der Waals surface area contributed by atoms with Gasteiger partial charge in [0.15, 0.2) is 0 Å². The molecule has 0 spiro atoms. The van der Waals surface area contributed by atoms with E-state index in [2.05, 4.69) is 38.0 Å². The number of rotatable bonds is 2. The molecule has 1 saturated carbocycles. The fraction of sp³-hybridized carbons (Fsp3) is 0.750. The highest BCUT2D eigenvalue weighted by Crippen LogP contribution is 2.33. The predicted molar refractivity (Wildman–Crippen MR) is 85.0 cm³/mol. The van der Waals surface area contributed by atoms with Crippen molar-refractivity contribution in [1.82, 2.24) is 9.97 Å². The van der Waals surface area contributed by atoms with Crippen LogP contribution in [0.4, 0.5) is 11.6 Å². The number of nitrogens with two attached hydrogens (primary N) is 1. The minimum Gasteiger partial charge on any atom is -0.383 e. The molecule has 4 nitrogen and oxygen atoms in total. The highest BCUT2D eigenvalue weighted by molar-refractivity contribution is 5.56. The molecule has 2 rings (SSSR count). The van der Waals surface area contributed by atoms with E-state index in [1.165, 1.54) is 32.1 Å². The molecule has 1 aromatic heterocycles. The lowest BCUT2D eigenvalue weighted by Gasteiger charge is -2.36. The zero-order valence-corrected chi connectivity index (χ0v) is 13.5. The van der Waals surface area contributed by atoms with Crippen LogP contribution in [0.1, 0.15) is 71.2 Å². The SMILES string of the molecule is Cc1c(N)nc(C(C)(C)C)nc1NC1(C)CCCCC1. The van der Waals surface area contributed by atoms with Crippen LogP contribution in [0.25, 0.3) is 0 Å². The van der Waals surface area contributed by atoms with Crippen molar-refractivity contribution in [1.29, 1.82) is 0 Å². The maximum absolute atomic E-state index is 6.08. The Morgan fingerprint density at radius 1 is 1.10 bits per heavy atom. The van der Waals surface area contributed by atoms with Gasteiger partial charge in [-0.25, -0.2) is 9.97 Å². The molecule has 0 atom stereocenters. The van der Waals surface area contributed by atoms with Crippen LogP contribution in [0, 0.1) is 6.92 Å². The topological polar surface area (TPSA) is 63.8 Å². The lowest BCUT2D eigenvalue weighted by atomic mass is 9.83. The molecular formula is C16H28N4. The summed E-state index contributed by atoms with van der Waals surface area (Å²) in [6, 6.07) is 0. The molecule has 0 bridgehead atoms. The van der Waals surface area contributed by atoms with Gasteiger partial charge in [0.05, 0.1) is 0 Å². The predicted octanol–water partition coefficient (Wildman–Crippen LogP) is 3.80. The Balaban J connectivity index is 2.33. The van der Waals surface area contributed by atoms with E-state index in [0.29, 0.717) is 5.82 Å². The summed E-state index contributed by atoms with van der Waals surface area (Å²) >= 11 is 0. The lowest BCUT2D eigenvalue weighted by molar-refractivity contribution is 0.348. The Labute approximate surface area is 122 Å². The highest BCUT2D eigenvalue weighted by Gasteiger charge is 2.29. The van der Waals surface area contributed by atoms with E-state index in [0.717, 1.165) is 17.2 Å². The summed E-state index contributed by atoms with van der Waals surface area (Å²) < 4.78 is 0. The first kappa shape index (κ1) is 15.1. The summed E-state index contributed by atoms with van der Waals surface area (Å²) in [5.74, 6) is 2.31. The first-order valence-electron chi connectivity index (χ1n) is 7.64. The first-order chi connectivity index (χ1) is 9.21. The van der Waals surface area contributed by atoms with Gasteiger partial charge in [0.25, 0.3) is 0 Å².